The van der Waals surface area contributed by atoms with Gasteiger partial charge in [0.2, 0.25) is 0 Å². The summed E-state index contributed by atoms with van der Waals surface area (Å²) < 4.78 is 16.5. The van der Waals surface area contributed by atoms with E-state index in [0.29, 0.717) is 12.8 Å². The van der Waals surface area contributed by atoms with Gasteiger partial charge in [0.05, 0.1) is 18.8 Å². The summed E-state index contributed by atoms with van der Waals surface area (Å²) in [4.78, 5) is 0. The van der Waals surface area contributed by atoms with Crippen LogP contribution in [0.15, 0.2) is 12.2 Å². The number of aliphatic hydroxyl groups excluding tert-OH is 5. The summed E-state index contributed by atoms with van der Waals surface area (Å²) in [6.45, 7) is 6.55. The van der Waals surface area contributed by atoms with E-state index >= 15 is 0 Å². The van der Waals surface area contributed by atoms with Gasteiger partial charge in [-0.3, -0.25) is 0 Å². The van der Waals surface area contributed by atoms with Crippen molar-refractivity contribution in [3.05, 3.63) is 12.2 Å². The van der Waals surface area contributed by atoms with Crippen LogP contribution in [-0.2, 0) is 14.2 Å². The summed E-state index contributed by atoms with van der Waals surface area (Å²) in [5, 5.41) is 61.1. The number of hydrogen-bond donors (Lipinski definition) is 6. The molecule has 170 valence electrons. The van der Waals surface area contributed by atoms with Crippen molar-refractivity contribution >= 4 is 0 Å². The lowest BCUT2D eigenvalue weighted by Gasteiger charge is -2.57. The third-order valence-electron chi connectivity index (χ3n) is 6.70. The van der Waals surface area contributed by atoms with Crippen LogP contribution >= 0.6 is 0 Å². The second-order valence-electron chi connectivity index (χ2n) is 8.91. The Bertz CT molecular complexity index is 580. The Kier molecular flexibility index (Phi) is 7.53. The van der Waals surface area contributed by atoms with E-state index in [1.807, 2.05) is 13.8 Å². The zero-order chi connectivity index (χ0) is 22.2. The largest absolute Gasteiger partial charge is 0.394 e. The highest BCUT2D eigenvalue weighted by Gasteiger charge is 2.61. The average Bonchev–Trinajstić information content (AvgIpc) is 2.68. The van der Waals surface area contributed by atoms with Crippen LogP contribution < -0.4 is 0 Å². The van der Waals surface area contributed by atoms with Crippen molar-refractivity contribution in [2.75, 3.05) is 13.7 Å². The van der Waals surface area contributed by atoms with Gasteiger partial charge < -0.3 is 44.8 Å². The molecule has 29 heavy (non-hydrogen) atoms. The molecular formula is C20H36O9. The number of ether oxygens (including phenoxy) is 3. The first kappa shape index (κ1) is 24.6. The van der Waals surface area contributed by atoms with E-state index in [9.17, 15) is 30.6 Å². The van der Waals surface area contributed by atoms with Gasteiger partial charge in [0.25, 0.3) is 0 Å². The third-order valence-corrected chi connectivity index (χ3v) is 6.70. The molecule has 9 heteroatoms. The van der Waals surface area contributed by atoms with Crippen molar-refractivity contribution in [1.82, 2.24) is 0 Å². The molecule has 9 atom stereocenters. The van der Waals surface area contributed by atoms with Crippen LogP contribution in [0.3, 0.4) is 0 Å². The molecule has 0 aromatic heterocycles. The lowest BCUT2D eigenvalue weighted by atomic mass is 9.57. The molecule has 2 fully saturated rings. The lowest BCUT2D eigenvalue weighted by Crippen LogP contribution is -2.68. The van der Waals surface area contributed by atoms with Crippen LogP contribution in [0.4, 0.5) is 0 Å². The van der Waals surface area contributed by atoms with Crippen LogP contribution in [0, 0.1) is 5.41 Å². The Hall–Kier alpha value is -0.620. The van der Waals surface area contributed by atoms with Crippen molar-refractivity contribution in [3.8, 4) is 0 Å². The highest BCUT2D eigenvalue weighted by molar-refractivity contribution is 5.23. The summed E-state index contributed by atoms with van der Waals surface area (Å²) in [6.07, 6.45) is -4.21. The molecule has 2 rings (SSSR count). The number of hydrogen-bond acceptors (Lipinski definition) is 9. The van der Waals surface area contributed by atoms with Gasteiger partial charge in [0.15, 0.2) is 6.29 Å². The highest BCUT2D eigenvalue weighted by atomic mass is 16.7. The van der Waals surface area contributed by atoms with Gasteiger partial charge in [-0.1, -0.05) is 26.0 Å². The van der Waals surface area contributed by atoms with Gasteiger partial charge in [-0.05, 0) is 26.7 Å². The van der Waals surface area contributed by atoms with Gasteiger partial charge in [0, 0.05) is 12.5 Å². The maximum absolute atomic E-state index is 11.5. The Morgan fingerprint density at radius 1 is 1.10 bits per heavy atom. The lowest BCUT2D eigenvalue weighted by molar-refractivity contribution is -0.306. The van der Waals surface area contributed by atoms with Crippen molar-refractivity contribution in [1.29, 1.82) is 0 Å². The molecule has 2 aliphatic rings. The van der Waals surface area contributed by atoms with E-state index in [4.69, 9.17) is 14.2 Å². The standard InChI is InChI=1S/C20H36O9/c1-11(28-17-16(25)15(24)14(23)12(10-21)29-17)6-9-20(26)18(2,3)8-7-13(22)19(20,4)27-5/h6,9,11-17,21-26H,7-8,10H2,1-5H3/b9-6+/t11-,12+,13+,14+,15-,16+,17+,19-,20-/m0/s1. The Balaban J connectivity index is 2.18. The molecule has 6 N–H and O–H groups in total. The third kappa shape index (κ3) is 4.26. The molecule has 0 unspecified atom stereocenters. The van der Waals surface area contributed by atoms with Crippen molar-refractivity contribution in [2.24, 2.45) is 5.41 Å². The highest BCUT2D eigenvalue weighted by Crippen LogP contribution is 2.51. The van der Waals surface area contributed by atoms with Gasteiger partial charge in [-0.2, -0.15) is 0 Å². The smallest absolute Gasteiger partial charge is 0.187 e. The molecule has 1 heterocycles. The molecule has 1 aliphatic carbocycles. The quantitative estimate of drug-likeness (QED) is 0.300. The Morgan fingerprint density at radius 2 is 1.72 bits per heavy atom. The van der Waals surface area contributed by atoms with E-state index < -0.39 is 66.1 Å². The predicted octanol–water partition coefficient (Wildman–Crippen LogP) is -0.935. The second kappa shape index (κ2) is 8.86. The van der Waals surface area contributed by atoms with Crippen LogP contribution in [0.2, 0.25) is 0 Å². The maximum atomic E-state index is 11.5. The molecule has 1 aliphatic heterocycles. The fourth-order valence-corrected chi connectivity index (χ4v) is 4.28. The fourth-order valence-electron chi connectivity index (χ4n) is 4.28. The second-order valence-corrected chi connectivity index (χ2v) is 8.91. The molecule has 1 saturated carbocycles. The maximum Gasteiger partial charge on any atom is 0.187 e. The van der Waals surface area contributed by atoms with E-state index in [0.717, 1.165) is 0 Å². The van der Waals surface area contributed by atoms with E-state index in [-0.39, 0.29) is 0 Å². The van der Waals surface area contributed by atoms with Crippen molar-refractivity contribution in [2.45, 2.75) is 94.7 Å². The van der Waals surface area contributed by atoms with Crippen LogP contribution in [0.5, 0.6) is 0 Å². The number of aliphatic hydroxyl groups is 6. The monoisotopic (exact) mass is 420 g/mol. The summed E-state index contributed by atoms with van der Waals surface area (Å²) in [7, 11) is 1.44. The number of methoxy groups -OCH3 is 1. The SMILES string of the molecule is CO[C@@]1(C)[C@H](O)CCC(C)(C)[C@@]1(O)/C=C/[C@H](C)O[C@@H]1O[C@H](CO)[C@@H](O)[C@H](O)[C@H]1O. The first-order valence-corrected chi connectivity index (χ1v) is 9.95. The minimum Gasteiger partial charge on any atom is -0.394 e. The van der Waals surface area contributed by atoms with Gasteiger partial charge in [0.1, 0.15) is 35.6 Å². The molecule has 0 aromatic rings. The average molecular weight is 420 g/mol. The molecular weight excluding hydrogens is 384 g/mol. The van der Waals surface area contributed by atoms with E-state index in [1.165, 1.54) is 13.2 Å². The predicted molar refractivity (Wildman–Crippen MR) is 103 cm³/mol. The van der Waals surface area contributed by atoms with Crippen LogP contribution in [0.1, 0.15) is 40.5 Å². The van der Waals surface area contributed by atoms with E-state index in [1.54, 1.807) is 19.9 Å². The van der Waals surface area contributed by atoms with Crippen LogP contribution in [-0.4, -0.2) is 98.5 Å². The van der Waals surface area contributed by atoms with Gasteiger partial charge in [-0.25, -0.2) is 0 Å². The molecule has 0 bridgehead atoms. The molecule has 0 radical (unpaired) electrons. The first-order valence-electron chi connectivity index (χ1n) is 9.95. The summed E-state index contributed by atoms with van der Waals surface area (Å²) in [5.74, 6) is 0. The zero-order valence-corrected chi connectivity index (χ0v) is 17.7. The fraction of sp³-hybridized carbons (Fsp3) is 0.900. The summed E-state index contributed by atoms with van der Waals surface area (Å²) >= 11 is 0. The minimum atomic E-state index is -1.53. The molecule has 0 spiro atoms. The first-order chi connectivity index (χ1) is 13.3. The van der Waals surface area contributed by atoms with Crippen LogP contribution in [0.25, 0.3) is 0 Å². The van der Waals surface area contributed by atoms with Crippen molar-refractivity contribution in [3.63, 3.8) is 0 Å². The molecule has 9 nitrogen and oxygen atoms in total. The number of rotatable bonds is 6. The van der Waals surface area contributed by atoms with E-state index in [2.05, 4.69) is 0 Å². The summed E-state index contributed by atoms with van der Waals surface area (Å²) in [5.41, 5.74) is -3.36. The molecule has 0 amide bonds. The van der Waals surface area contributed by atoms with Crippen molar-refractivity contribution < 1.29 is 44.8 Å². The zero-order valence-electron chi connectivity index (χ0n) is 17.7. The summed E-state index contributed by atoms with van der Waals surface area (Å²) in [6, 6.07) is 0. The molecule has 0 aromatic carbocycles. The Labute approximate surface area is 171 Å². The molecule has 1 saturated heterocycles. The van der Waals surface area contributed by atoms with Gasteiger partial charge >= 0.3 is 0 Å². The normalized spacial score (nSPS) is 46.7. The Morgan fingerprint density at radius 3 is 2.28 bits per heavy atom. The topological polar surface area (TPSA) is 149 Å². The van der Waals surface area contributed by atoms with Gasteiger partial charge in [-0.15, -0.1) is 0 Å². The minimum absolute atomic E-state index is 0.490.